The summed E-state index contributed by atoms with van der Waals surface area (Å²) in [6.07, 6.45) is 5.18. The molecule has 0 spiro atoms. The topological polar surface area (TPSA) is 54.4 Å². The third-order valence-electron chi connectivity index (χ3n) is 6.71. The Morgan fingerprint density at radius 1 is 1.10 bits per heavy atom. The lowest BCUT2D eigenvalue weighted by atomic mass is 9.86. The molecule has 3 aromatic rings. The number of benzene rings is 2. The van der Waals surface area contributed by atoms with Crippen LogP contribution in [0.3, 0.4) is 0 Å². The number of para-hydroxylation sites is 1. The Kier molecular flexibility index (Phi) is 5.03. The number of nitrogens with zero attached hydrogens (tertiary/aromatic N) is 2. The number of hydrazone groups is 1. The van der Waals surface area contributed by atoms with Crippen molar-refractivity contribution in [2.75, 3.05) is 0 Å². The van der Waals surface area contributed by atoms with Crippen LogP contribution in [0, 0.1) is 17.8 Å². The molecular formula is C25H24ClN3O. The second-order valence-corrected chi connectivity index (χ2v) is 8.94. The van der Waals surface area contributed by atoms with Gasteiger partial charge in [0, 0.05) is 22.6 Å². The highest BCUT2D eigenvalue weighted by Gasteiger charge is 2.40. The molecule has 1 N–H and O–H groups in total. The summed E-state index contributed by atoms with van der Waals surface area (Å²) in [7, 11) is 0. The van der Waals surface area contributed by atoms with Crippen LogP contribution in [0.15, 0.2) is 59.7 Å². The summed E-state index contributed by atoms with van der Waals surface area (Å²) in [4.78, 5) is 17.9. The molecule has 5 rings (SSSR count). The SMILES string of the molecule is C/C(=N/NC(=O)c1cc(-c2ccccc2)nc2c(Cl)cccc12)[C@H]1C[C@H]2CC[C@@H]1C2. The van der Waals surface area contributed by atoms with Gasteiger partial charge in [-0.3, -0.25) is 4.79 Å². The van der Waals surface area contributed by atoms with Crippen LogP contribution < -0.4 is 5.43 Å². The van der Waals surface area contributed by atoms with E-state index >= 15 is 0 Å². The van der Waals surface area contributed by atoms with Crippen LogP contribution in [0.25, 0.3) is 22.2 Å². The summed E-state index contributed by atoms with van der Waals surface area (Å²) in [5, 5.41) is 5.75. The van der Waals surface area contributed by atoms with E-state index in [0.717, 1.165) is 34.2 Å². The number of pyridine rings is 1. The van der Waals surface area contributed by atoms with Crippen molar-refractivity contribution in [3.63, 3.8) is 0 Å². The molecule has 2 fully saturated rings. The highest BCUT2D eigenvalue weighted by molar-refractivity contribution is 6.35. The van der Waals surface area contributed by atoms with Crippen molar-refractivity contribution in [3.05, 3.63) is 65.2 Å². The first-order chi connectivity index (χ1) is 14.6. The van der Waals surface area contributed by atoms with E-state index in [0.29, 0.717) is 22.0 Å². The fourth-order valence-electron chi connectivity index (χ4n) is 5.20. The normalized spacial score (nSPS) is 23.1. The van der Waals surface area contributed by atoms with Crippen molar-refractivity contribution < 1.29 is 4.79 Å². The van der Waals surface area contributed by atoms with Crippen LogP contribution in [0.2, 0.25) is 5.02 Å². The van der Waals surface area contributed by atoms with Crippen LogP contribution in [-0.4, -0.2) is 16.6 Å². The molecule has 0 radical (unpaired) electrons. The predicted molar refractivity (Wildman–Crippen MR) is 122 cm³/mol. The van der Waals surface area contributed by atoms with Gasteiger partial charge in [0.05, 0.1) is 21.8 Å². The summed E-state index contributed by atoms with van der Waals surface area (Å²) in [6, 6.07) is 17.2. The molecule has 5 heteroatoms. The summed E-state index contributed by atoms with van der Waals surface area (Å²) in [5.74, 6) is 1.86. The first-order valence-corrected chi connectivity index (χ1v) is 11.0. The zero-order chi connectivity index (χ0) is 20.7. The van der Waals surface area contributed by atoms with Gasteiger partial charge in [-0.05, 0) is 50.2 Å². The zero-order valence-electron chi connectivity index (χ0n) is 16.9. The second kappa shape index (κ2) is 7.84. The van der Waals surface area contributed by atoms with Crippen molar-refractivity contribution in [1.29, 1.82) is 0 Å². The number of carbonyl (C=O) groups excluding carboxylic acids is 1. The lowest BCUT2D eigenvalue weighted by Crippen LogP contribution is -2.24. The standard InChI is InChI=1S/C25H24ClN3O/c1-15(20-13-16-10-11-18(20)12-16)28-29-25(30)21-14-23(17-6-3-2-4-7-17)27-24-19(21)8-5-9-22(24)26/h2-9,14,16,18,20H,10-13H2,1H3,(H,29,30)/b28-15-/t16-,18+,20+/m0/s1. The van der Waals surface area contributed by atoms with Crippen molar-refractivity contribution in [2.24, 2.45) is 22.9 Å². The molecule has 4 nitrogen and oxygen atoms in total. The number of hydrogen-bond donors (Lipinski definition) is 1. The molecule has 1 heterocycles. The molecule has 0 saturated heterocycles. The lowest BCUT2D eigenvalue weighted by Gasteiger charge is -2.21. The van der Waals surface area contributed by atoms with Crippen LogP contribution >= 0.6 is 11.6 Å². The molecule has 1 amide bonds. The van der Waals surface area contributed by atoms with Crippen LogP contribution in [0.5, 0.6) is 0 Å². The Labute approximate surface area is 181 Å². The number of hydrogen-bond acceptors (Lipinski definition) is 3. The molecule has 2 bridgehead atoms. The Hall–Kier alpha value is -2.72. The molecule has 152 valence electrons. The largest absolute Gasteiger partial charge is 0.272 e. The van der Waals surface area contributed by atoms with Crippen LogP contribution in [0.1, 0.15) is 43.0 Å². The number of rotatable bonds is 4. The highest BCUT2D eigenvalue weighted by atomic mass is 35.5. The Bertz CT molecular complexity index is 1140. The zero-order valence-corrected chi connectivity index (χ0v) is 17.7. The van der Waals surface area contributed by atoms with E-state index in [-0.39, 0.29) is 5.91 Å². The van der Waals surface area contributed by atoms with E-state index in [9.17, 15) is 4.79 Å². The van der Waals surface area contributed by atoms with Gasteiger partial charge in [0.1, 0.15) is 0 Å². The number of fused-ring (bicyclic) bond motifs is 3. The molecule has 2 aromatic carbocycles. The van der Waals surface area contributed by atoms with Gasteiger partial charge < -0.3 is 0 Å². The molecule has 2 aliphatic carbocycles. The maximum Gasteiger partial charge on any atom is 0.272 e. The third-order valence-corrected chi connectivity index (χ3v) is 7.02. The molecule has 0 unspecified atom stereocenters. The van der Waals surface area contributed by atoms with E-state index in [1.807, 2.05) is 55.5 Å². The van der Waals surface area contributed by atoms with E-state index in [4.69, 9.17) is 16.6 Å². The monoisotopic (exact) mass is 417 g/mol. The van der Waals surface area contributed by atoms with Crippen LogP contribution in [-0.2, 0) is 0 Å². The van der Waals surface area contributed by atoms with Crippen LogP contribution in [0.4, 0.5) is 0 Å². The summed E-state index contributed by atoms with van der Waals surface area (Å²) in [6.45, 7) is 2.04. The van der Waals surface area contributed by atoms with Gasteiger partial charge in [0.15, 0.2) is 0 Å². The maximum absolute atomic E-state index is 13.1. The second-order valence-electron chi connectivity index (χ2n) is 8.53. The number of halogens is 1. The average molecular weight is 418 g/mol. The average Bonchev–Trinajstić information content (AvgIpc) is 3.41. The van der Waals surface area contributed by atoms with Gasteiger partial charge in [-0.2, -0.15) is 5.10 Å². The summed E-state index contributed by atoms with van der Waals surface area (Å²) < 4.78 is 0. The smallest absolute Gasteiger partial charge is 0.267 e. The first-order valence-electron chi connectivity index (χ1n) is 10.6. The molecule has 0 aliphatic heterocycles. The van der Waals surface area contributed by atoms with Crippen molar-refractivity contribution >= 4 is 34.1 Å². The highest BCUT2D eigenvalue weighted by Crippen LogP contribution is 2.48. The van der Waals surface area contributed by atoms with E-state index in [1.165, 1.54) is 25.7 Å². The number of aromatic nitrogens is 1. The lowest BCUT2D eigenvalue weighted by molar-refractivity contribution is 0.0956. The van der Waals surface area contributed by atoms with Gasteiger partial charge >= 0.3 is 0 Å². The van der Waals surface area contributed by atoms with Gasteiger partial charge in [-0.15, -0.1) is 0 Å². The molecule has 2 aliphatic rings. The van der Waals surface area contributed by atoms with Crippen molar-refractivity contribution in [2.45, 2.75) is 32.6 Å². The van der Waals surface area contributed by atoms with E-state index in [1.54, 1.807) is 6.07 Å². The van der Waals surface area contributed by atoms with Crippen molar-refractivity contribution in [3.8, 4) is 11.3 Å². The maximum atomic E-state index is 13.1. The predicted octanol–water partition coefficient (Wildman–Crippen LogP) is 6.10. The Balaban J connectivity index is 1.49. The third kappa shape index (κ3) is 3.50. The molecule has 2 saturated carbocycles. The Morgan fingerprint density at radius 3 is 2.67 bits per heavy atom. The molecule has 1 aromatic heterocycles. The first kappa shape index (κ1) is 19.3. The number of carbonyl (C=O) groups is 1. The quantitative estimate of drug-likeness (QED) is 0.412. The minimum atomic E-state index is -0.232. The fourth-order valence-corrected chi connectivity index (χ4v) is 5.41. The Morgan fingerprint density at radius 2 is 1.93 bits per heavy atom. The number of amides is 1. The van der Waals surface area contributed by atoms with Crippen molar-refractivity contribution in [1.82, 2.24) is 10.4 Å². The molecule has 3 atom stereocenters. The van der Waals surface area contributed by atoms with E-state index < -0.39 is 0 Å². The van der Waals surface area contributed by atoms with E-state index in [2.05, 4.69) is 10.5 Å². The minimum Gasteiger partial charge on any atom is -0.267 e. The summed E-state index contributed by atoms with van der Waals surface area (Å²) >= 11 is 6.42. The molecule has 30 heavy (non-hydrogen) atoms. The molecular weight excluding hydrogens is 394 g/mol. The number of nitrogens with one attached hydrogen (secondary N) is 1. The van der Waals surface area contributed by atoms with Gasteiger partial charge in [0.25, 0.3) is 5.91 Å². The van der Waals surface area contributed by atoms with Gasteiger partial charge in [-0.25, -0.2) is 10.4 Å². The van der Waals surface area contributed by atoms with Gasteiger partial charge in [-0.1, -0.05) is 60.5 Å². The fraction of sp³-hybridized carbons (Fsp3) is 0.320. The minimum absolute atomic E-state index is 0.232. The van der Waals surface area contributed by atoms with Gasteiger partial charge in [0.2, 0.25) is 0 Å². The summed E-state index contributed by atoms with van der Waals surface area (Å²) in [5.41, 5.74) is 6.66.